The molecule has 12 heteroatoms. The van der Waals surface area contributed by atoms with Crippen LogP contribution in [0.5, 0.6) is 11.8 Å². The van der Waals surface area contributed by atoms with E-state index in [0.717, 1.165) is 6.42 Å². The number of piperidine rings is 1. The lowest BCUT2D eigenvalue weighted by Crippen LogP contribution is -2.82. The van der Waals surface area contributed by atoms with Gasteiger partial charge >= 0.3 is 5.97 Å². The number of likely N-dealkylation sites (tertiary alicyclic amines) is 1. The monoisotopic (exact) mass is 682 g/mol. The number of likely N-dealkylation sites (N-methyl/N-ethyl adjacent to an activating group) is 1. The van der Waals surface area contributed by atoms with Gasteiger partial charge in [-0.1, -0.05) is 19.1 Å². The van der Waals surface area contributed by atoms with Crippen LogP contribution in [0, 0.1) is 41.4 Å². The summed E-state index contributed by atoms with van der Waals surface area (Å²) < 4.78 is 32.6. The van der Waals surface area contributed by atoms with Gasteiger partial charge in [-0.15, -0.1) is 0 Å². The second kappa shape index (κ2) is 11.1. The molecule has 2 aromatic rings. The zero-order valence-electron chi connectivity index (χ0n) is 29.2. The van der Waals surface area contributed by atoms with Crippen LogP contribution in [-0.2, 0) is 23.7 Å². The number of aromatic hydroxyl groups is 2. The van der Waals surface area contributed by atoms with Crippen molar-refractivity contribution in [2.24, 2.45) is 34.5 Å². The number of ether oxygens (including phenoxy) is 5. The first-order valence-electron chi connectivity index (χ1n) is 17.6. The molecular weight excluding hydrogens is 632 g/mol. The van der Waals surface area contributed by atoms with Gasteiger partial charge in [-0.3, -0.25) is 9.47 Å². The fourth-order valence-electron chi connectivity index (χ4n) is 13.0. The number of aromatic nitrogens is 1. The van der Waals surface area contributed by atoms with E-state index >= 15 is 0 Å². The molecule has 3 unspecified atom stereocenters. The van der Waals surface area contributed by atoms with Gasteiger partial charge in [0, 0.05) is 81.6 Å². The number of rotatable bonds is 9. The predicted molar refractivity (Wildman–Crippen MR) is 176 cm³/mol. The van der Waals surface area contributed by atoms with E-state index in [9.17, 15) is 25.2 Å². The molecule has 12 nitrogen and oxygen atoms in total. The number of benzene rings is 1. The third-order valence-corrected chi connectivity index (χ3v) is 14.3. The fraction of sp³-hybridized carbons (Fsp3) is 0.703. The third-order valence-electron chi connectivity index (χ3n) is 14.3. The van der Waals surface area contributed by atoms with Gasteiger partial charge in [0.2, 0.25) is 5.88 Å². The molecule has 5 aliphatic carbocycles. The van der Waals surface area contributed by atoms with Crippen molar-refractivity contribution in [2.75, 3.05) is 48.1 Å². The van der Waals surface area contributed by atoms with E-state index in [2.05, 4.69) is 11.8 Å². The van der Waals surface area contributed by atoms with Crippen LogP contribution < -0.4 is 0 Å². The first kappa shape index (κ1) is 33.4. The number of carbonyl (C=O) groups excluding carboxylic acids is 1. The predicted octanol–water partition coefficient (Wildman–Crippen LogP) is 2.65. The Bertz CT molecular complexity index is 1650. The lowest BCUT2D eigenvalue weighted by molar-refractivity contribution is -0.320. The van der Waals surface area contributed by atoms with Crippen LogP contribution in [0.1, 0.15) is 48.5 Å². The van der Waals surface area contributed by atoms with Crippen LogP contribution in [-0.4, -0.2) is 126 Å². The molecule has 49 heavy (non-hydrogen) atoms. The summed E-state index contributed by atoms with van der Waals surface area (Å²) in [5, 5.41) is 48.0. The molecule has 1 spiro atoms. The highest BCUT2D eigenvalue weighted by molar-refractivity contribution is 5.93. The number of fused-ring (bicyclic) bond motifs is 2. The Morgan fingerprint density at radius 3 is 2.43 bits per heavy atom. The highest BCUT2D eigenvalue weighted by atomic mass is 16.5. The van der Waals surface area contributed by atoms with Crippen molar-refractivity contribution >= 4 is 5.97 Å². The molecule has 0 amide bonds. The molecule has 5 saturated carbocycles. The van der Waals surface area contributed by atoms with Gasteiger partial charge < -0.3 is 44.1 Å². The zero-order valence-corrected chi connectivity index (χ0v) is 29.2. The van der Waals surface area contributed by atoms with Crippen molar-refractivity contribution in [3.63, 3.8) is 0 Å². The molecule has 4 N–H and O–H groups in total. The van der Waals surface area contributed by atoms with Crippen molar-refractivity contribution in [1.29, 1.82) is 0 Å². The maximum atomic E-state index is 14.1. The van der Waals surface area contributed by atoms with E-state index < -0.39 is 40.1 Å². The summed E-state index contributed by atoms with van der Waals surface area (Å²) in [6.45, 7) is 4.96. The zero-order chi connectivity index (χ0) is 34.8. The Morgan fingerprint density at radius 1 is 1.04 bits per heavy atom. The van der Waals surface area contributed by atoms with Crippen molar-refractivity contribution in [3.8, 4) is 17.4 Å². The summed E-state index contributed by atoms with van der Waals surface area (Å²) in [4.78, 5) is 16.4. The first-order chi connectivity index (χ1) is 23.4. The molecular formula is C37H50N2O10. The maximum Gasteiger partial charge on any atom is 0.340 e. The SMILES string of the molecule is CCN1C[C@]2(COC(=O)c3ccccc3-n3c(O)cc(C)c3O)CC[C@H](OC)C34C2[C@H](OC)[C@](O)(C13)[C@@]1(O)C[C@H](OC)[C@H]2C[C@@H]4[C@@H]1[C@H]2OC. The normalized spacial score (nSPS) is 44.7. The summed E-state index contributed by atoms with van der Waals surface area (Å²) in [6, 6.07) is 7.71. The van der Waals surface area contributed by atoms with E-state index in [1.807, 2.05) is 0 Å². The molecule has 7 bridgehead atoms. The van der Waals surface area contributed by atoms with E-state index in [1.54, 1.807) is 59.6 Å². The van der Waals surface area contributed by atoms with E-state index in [0.29, 0.717) is 37.2 Å². The summed E-state index contributed by atoms with van der Waals surface area (Å²) >= 11 is 0. The van der Waals surface area contributed by atoms with Crippen LogP contribution in [0.3, 0.4) is 0 Å². The summed E-state index contributed by atoms with van der Waals surface area (Å²) in [5.74, 6) is -1.62. The summed E-state index contributed by atoms with van der Waals surface area (Å²) in [5.41, 5.74) is -3.54. The number of aryl methyl sites for hydroxylation is 1. The molecule has 1 saturated heterocycles. The smallest absolute Gasteiger partial charge is 0.340 e. The van der Waals surface area contributed by atoms with E-state index in [4.69, 9.17) is 23.7 Å². The molecule has 13 atom stereocenters. The van der Waals surface area contributed by atoms with Crippen molar-refractivity contribution in [2.45, 2.75) is 81.2 Å². The summed E-state index contributed by atoms with van der Waals surface area (Å²) in [7, 11) is 6.72. The Morgan fingerprint density at radius 2 is 1.80 bits per heavy atom. The number of methoxy groups -OCH3 is 4. The van der Waals surface area contributed by atoms with E-state index in [1.165, 1.54) is 10.6 Å². The number of hydrogen-bond acceptors (Lipinski definition) is 11. The van der Waals surface area contributed by atoms with Gasteiger partial charge in [0.15, 0.2) is 5.88 Å². The average Bonchev–Trinajstić information content (AvgIpc) is 3.63. The van der Waals surface area contributed by atoms with Crippen LogP contribution in [0.4, 0.5) is 0 Å². The van der Waals surface area contributed by atoms with Crippen molar-refractivity contribution in [3.05, 3.63) is 41.5 Å². The van der Waals surface area contributed by atoms with Gasteiger partial charge in [-0.2, -0.15) is 0 Å². The number of esters is 1. The van der Waals surface area contributed by atoms with Gasteiger partial charge in [0.05, 0.1) is 48.3 Å². The molecule has 2 heterocycles. The van der Waals surface area contributed by atoms with Crippen LogP contribution in [0.25, 0.3) is 5.69 Å². The molecule has 268 valence electrons. The van der Waals surface area contributed by atoms with Gasteiger partial charge in [-0.05, 0) is 50.8 Å². The number of hydrogen-bond donors (Lipinski definition) is 4. The Hall–Kier alpha value is -2.71. The Kier molecular flexibility index (Phi) is 7.60. The van der Waals surface area contributed by atoms with Crippen LogP contribution in [0.2, 0.25) is 0 Å². The second-order valence-corrected chi connectivity index (χ2v) is 15.6. The maximum absolute atomic E-state index is 14.1. The lowest BCUT2D eigenvalue weighted by Gasteiger charge is -2.70. The summed E-state index contributed by atoms with van der Waals surface area (Å²) in [6.07, 6.45) is 0.784. The topological polar surface area (TPSA) is 152 Å². The Labute approximate surface area is 286 Å². The standard InChI is InChI=1S/C37H50N2O10/c1-7-38-17-34(18-49-32(42)20-10-8-9-11-23(20)39-26(40)14-19(2)31(39)41)13-12-25(46-4)36-22-15-21-24(45-3)16-35(43,27(22)28(21)47-5)37(44,33(36)38)30(48-6)29(34)36/h8-11,14,21-22,24-25,27-30,33,40-41,43-44H,7,12-13,15-18H2,1-6H3/t21-,22-,24+,25+,27-,28+,29?,30+,33?,34+,35-,36?,37+/m1/s1. The largest absolute Gasteiger partial charge is 0.494 e. The highest BCUT2D eigenvalue weighted by Crippen LogP contribution is 2.80. The van der Waals surface area contributed by atoms with E-state index in [-0.39, 0.29) is 72.3 Å². The Balaban J connectivity index is 1.25. The molecule has 6 fully saturated rings. The minimum Gasteiger partial charge on any atom is -0.494 e. The fourth-order valence-corrected chi connectivity index (χ4v) is 13.0. The minimum absolute atomic E-state index is 0.0488. The lowest BCUT2D eigenvalue weighted by atomic mass is 9.42. The molecule has 1 aliphatic heterocycles. The number of nitrogens with zero attached hydrogens (tertiary/aromatic N) is 2. The quantitative estimate of drug-likeness (QED) is 0.289. The second-order valence-electron chi connectivity index (χ2n) is 15.6. The number of para-hydroxylation sites is 1. The molecule has 0 radical (unpaired) electrons. The highest BCUT2D eigenvalue weighted by Gasteiger charge is 2.91. The van der Waals surface area contributed by atoms with Gasteiger partial charge in [-0.25, -0.2) is 4.79 Å². The molecule has 8 rings (SSSR count). The molecule has 1 aromatic carbocycles. The molecule has 6 aliphatic rings. The van der Waals surface area contributed by atoms with Gasteiger partial charge in [0.1, 0.15) is 11.2 Å². The first-order valence-corrected chi connectivity index (χ1v) is 17.6. The van der Waals surface area contributed by atoms with Gasteiger partial charge in [0.25, 0.3) is 0 Å². The number of aliphatic hydroxyl groups is 2. The third kappa shape index (κ3) is 3.81. The van der Waals surface area contributed by atoms with Crippen molar-refractivity contribution in [1.82, 2.24) is 9.47 Å². The minimum atomic E-state index is -1.69. The van der Waals surface area contributed by atoms with Crippen LogP contribution in [0.15, 0.2) is 30.3 Å². The van der Waals surface area contributed by atoms with Crippen molar-refractivity contribution < 1.29 is 48.9 Å². The van der Waals surface area contributed by atoms with Crippen LogP contribution >= 0.6 is 0 Å². The molecule has 1 aromatic heterocycles. The average molecular weight is 683 g/mol. The number of carbonyl (C=O) groups is 1.